The second-order valence-corrected chi connectivity index (χ2v) is 6.53. The molecule has 1 aromatic carbocycles. The Labute approximate surface area is 152 Å². The summed E-state index contributed by atoms with van der Waals surface area (Å²) in [5.41, 5.74) is 0.709. The van der Waals surface area contributed by atoms with E-state index in [4.69, 9.17) is 10.00 Å². The van der Waals surface area contributed by atoms with Gasteiger partial charge in [0, 0.05) is 12.1 Å². The fourth-order valence-electron chi connectivity index (χ4n) is 2.62. The third-order valence-corrected chi connectivity index (χ3v) is 4.51. The van der Waals surface area contributed by atoms with Crippen molar-refractivity contribution in [1.29, 1.82) is 5.26 Å². The van der Waals surface area contributed by atoms with Gasteiger partial charge in [-0.2, -0.15) is 5.26 Å². The normalized spacial score (nSPS) is 18.5. The molecule has 2 amide bonds. The zero-order chi connectivity index (χ0) is 18.0. The number of nitrogens with one attached hydrogen (secondary N) is 2. The molecule has 0 saturated carbocycles. The molecule has 2 atom stereocenters. The van der Waals surface area contributed by atoms with E-state index in [1.807, 2.05) is 13.0 Å². The molecule has 0 fully saturated rings. The molecule has 0 spiro atoms. The average molecular weight is 405 g/mol. The number of halogens is 2. The first kappa shape index (κ1) is 17.2. The van der Waals surface area contributed by atoms with Gasteiger partial charge < -0.3 is 10.1 Å². The number of anilines is 1. The quantitative estimate of drug-likeness (QED) is 0.797. The maximum atomic E-state index is 14.3. The van der Waals surface area contributed by atoms with E-state index in [9.17, 15) is 9.18 Å². The fraction of sp³-hybridized carbons (Fsp3) is 0.235. The van der Waals surface area contributed by atoms with Gasteiger partial charge in [-0.05, 0) is 40.2 Å². The van der Waals surface area contributed by atoms with Crippen LogP contribution >= 0.6 is 15.9 Å². The molecular weight excluding hydrogens is 391 g/mol. The Morgan fingerprint density at radius 1 is 1.44 bits per heavy atom. The molecule has 0 bridgehead atoms. The van der Waals surface area contributed by atoms with Crippen LogP contribution in [0.25, 0.3) is 0 Å². The number of fused-ring (bicyclic) bond motifs is 1. The number of rotatable bonds is 2. The van der Waals surface area contributed by atoms with Crippen molar-refractivity contribution in [2.75, 3.05) is 11.9 Å². The van der Waals surface area contributed by atoms with E-state index in [1.165, 1.54) is 18.3 Å². The summed E-state index contributed by atoms with van der Waals surface area (Å²) in [6, 6.07) is 6.87. The lowest BCUT2D eigenvalue weighted by molar-refractivity contribution is 0.183. The number of ether oxygens (including phenoxy) is 1. The van der Waals surface area contributed by atoms with E-state index in [0.717, 1.165) is 0 Å². The lowest BCUT2D eigenvalue weighted by Gasteiger charge is -2.32. The molecule has 3 rings (SSSR count). The summed E-state index contributed by atoms with van der Waals surface area (Å²) in [7, 11) is 0. The Morgan fingerprint density at radius 2 is 2.24 bits per heavy atom. The van der Waals surface area contributed by atoms with E-state index in [0.29, 0.717) is 33.8 Å². The van der Waals surface area contributed by atoms with Crippen LogP contribution < -0.4 is 15.4 Å². The first-order chi connectivity index (χ1) is 12.0. The SMILES string of the molecule is CC1COc2c(Br)ccc(F)c2C1NC(=O)Nc1ccc(C#N)cn1. The Hall–Kier alpha value is -2.66. The minimum absolute atomic E-state index is 0.115. The van der Waals surface area contributed by atoms with Crippen LogP contribution in [0.4, 0.5) is 15.0 Å². The monoisotopic (exact) mass is 404 g/mol. The lowest BCUT2D eigenvalue weighted by atomic mass is 9.91. The number of nitrogens with zero attached hydrogens (tertiary/aromatic N) is 2. The van der Waals surface area contributed by atoms with Crippen molar-refractivity contribution in [1.82, 2.24) is 10.3 Å². The van der Waals surface area contributed by atoms with Gasteiger partial charge in [0.1, 0.15) is 23.5 Å². The maximum Gasteiger partial charge on any atom is 0.320 e. The fourth-order valence-corrected chi connectivity index (χ4v) is 3.08. The van der Waals surface area contributed by atoms with Crippen LogP contribution in [0.15, 0.2) is 34.9 Å². The number of amides is 2. The first-order valence-corrected chi connectivity index (χ1v) is 8.33. The van der Waals surface area contributed by atoms with Crippen molar-refractivity contribution in [2.24, 2.45) is 5.92 Å². The van der Waals surface area contributed by atoms with Gasteiger partial charge in [0.2, 0.25) is 0 Å². The molecule has 8 heteroatoms. The zero-order valence-corrected chi connectivity index (χ0v) is 14.8. The van der Waals surface area contributed by atoms with Crippen LogP contribution in [0.2, 0.25) is 0 Å². The maximum absolute atomic E-state index is 14.3. The van der Waals surface area contributed by atoms with Crippen LogP contribution in [0, 0.1) is 23.1 Å². The predicted octanol–water partition coefficient (Wildman–Crippen LogP) is 3.75. The molecule has 0 aliphatic carbocycles. The molecule has 128 valence electrons. The van der Waals surface area contributed by atoms with E-state index < -0.39 is 17.9 Å². The van der Waals surface area contributed by atoms with Crippen molar-refractivity contribution >= 4 is 27.8 Å². The number of hydrogen-bond acceptors (Lipinski definition) is 4. The van der Waals surface area contributed by atoms with E-state index in [2.05, 4.69) is 31.5 Å². The molecule has 6 nitrogen and oxygen atoms in total. The van der Waals surface area contributed by atoms with E-state index >= 15 is 0 Å². The first-order valence-electron chi connectivity index (χ1n) is 7.54. The Bertz CT molecular complexity index is 851. The summed E-state index contributed by atoms with van der Waals surface area (Å²) in [6.07, 6.45) is 1.36. The van der Waals surface area contributed by atoms with Gasteiger partial charge in [-0.15, -0.1) is 0 Å². The van der Waals surface area contributed by atoms with Crippen LogP contribution in [0.5, 0.6) is 5.75 Å². The standard InChI is InChI=1S/C17H14BrFN4O2/c1-9-8-25-16-11(18)3-4-12(19)14(16)15(9)23-17(24)22-13-5-2-10(6-20)7-21-13/h2-5,7,9,15H,8H2,1H3,(H2,21,22,23,24). The van der Waals surface area contributed by atoms with E-state index in [1.54, 1.807) is 12.1 Å². The van der Waals surface area contributed by atoms with Crippen LogP contribution in [0.3, 0.4) is 0 Å². The van der Waals surface area contributed by atoms with Gasteiger partial charge in [0.25, 0.3) is 0 Å². The van der Waals surface area contributed by atoms with Crippen molar-refractivity contribution < 1.29 is 13.9 Å². The van der Waals surface area contributed by atoms with Crippen molar-refractivity contribution in [2.45, 2.75) is 13.0 Å². The van der Waals surface area contributed by atoms with Crippen LogP contribution in [-0.4, -0.2) is 17.6 Å². The zero-order valence-electron chi connectivity index (χ0n) is 13.2. The third kappa shape index (κ3) is 3.56. The van der Waals surface area contributed by atoms with Gasteiger partial charge in [-0.3, -0.25) is 5.32 Å². The van der Waals surface area contributed by atoms with Gasteiger partial charge >= 0.3 is 6.03 Å². The number of carbonyl (C=O) groups is 1. The molecule has 0 radical (unpaired) electrons. The highest BCUT2D eigenvalue weighted by Crippen LogP contribution is 2.41. The number of benzene rings is 1. The minimum atomic E-state index is -0.542. The topological polar surface area (TPSA) is 87.0 Å². The minimum Gasteiger partial charge on any atom is -0.492 e. The molecule has 2 unspecified atom stereocenters. The Morgan fingerprint density at radius 3 is 2.92 bits per heavy atom. The smallest absolute Gasteiger partial charge is 0.320 e. The van der Waals surface area contributed by atoms with Crippen LogP contribution in [0.1, 0.15) is 24.1 Å². The second-order valence-electron chi connectivity index (χ2n) is 5.68. The summed E-state index contributed by atoms with van der Waals surface area (Å²) >= 11 is 3.34. The molecule has 1 aromatic heterocycles. The molecule has 2 heterocycles. The third-order valence-electron chi connectivity index (χ3n) is 3.89. The molecule has 25 heavy (non-hydrogen) atoms. The summed E-state index contributed by atoms with van der Waals surface area (Å²) in [5.74, 6) is 0.147. The highest BCUT2D eigenvalue weighted by Gasteiger charge is 2.33. The largest absolute Gasteiger partial charge is 0.492 e. The molecule has 2 N–H and O–H groups in total. The highest BCUT2D eigenvalue weighted by atomic mass is 79.9. The Kier molecular flexibility index (Phi) is 4.86. The number of urea groups is 1. The van der Waals surface area contributed by atoms with Gasteiger partial charge in [0.05, 0.1) is 28.2 Å². The average Bonchev–Trinajstić information content (AvgIpc) is 2.61. The van der Waals surface area contributed by atoms with Crippen molar-refractivity contribution in [3.05, 3.63) is 51.9 Å². The van der Waals surface area contributed by atoms with E-state index in [-0.39, 0.29) is 5.92 Å². The highest BCUT2D eigenvalue weighted by molar-refractivity contribution is 9.10. The molecular formula is C17H14BrFN4O2. The van der Waals surface area contributed by atoms with Crippen molar-refractivity contribution in [3.8, 4) is 11.8 Å². The summed E-state index contributed by atoms with van der Waals surface area (Å²) in [6.45, 7) is 2.23. The number of pyridine rings is 1. The van der Waals surface area contributed by atoms with Gasteiger partial charge in [-0.25, -0.2) is 14.2 Å². The van der Waals surface area contributed by atoms with Gasteiger partial charge in [0.15, 0.2) is 0 Å². The molecule has 2 aromatic rings. The van der Waals surface area contributed by atoms with Gasteiger partial charge in [-0.1, -0.05) is 6.92 Å². The molecule has 1 aliphatic rings. The summed E-state index contributed by atoms with van der Waals surface area (Å²) in [4.78, 5) is 16.3. The van der Waals surface area contributed by atoms with Crippen molar-refractivity contribution in [3.63, 3.8) is 0 Å². The lowest BCUT2D eigenvalue weighted by Crippen LogP contribution is -2.40. The summed E-state index contributed by atoms with van der Waals surface area (Å²) in [5, 5.41) is 14.1. The predicted molar refractivity (Wildman–Crippen MR) is 92.6 cm³/mol. The molecule has 0 saturated heterocycles. The number of aromatic nitrogens is 1. The Balaban J connectivity index is 1.79. The number of carbonyl (C=O) groups excluding carboxylic acids is 1. The van der Waals surface area contributed by atoms with Crippen LogP contribution in [-0.2, 0) is 0 Å². The summed E-state index contributed by atoms with van der Waals surface area (Å²) < 4.78 is 20.6. The molecule has 1 aliphatic heterocycles. The number of hydrogen-bond donors (Lipinski definition) is 2. The number of nitriles is 1. The second kappa shape index (κ2) is 7.07.